The monoisotopic (exact) mass is 262 g/mol. The molecule has 0 aliphatic heterocycles. The molecule has 1 N–H and O–H groups in total. The number of unbranched alkanes of at least 4 members (excludes halogenated alkanes) is 3. The van der Waals surface area contributed by atoms with Crippen LogP contribution in [0.1, 0.15) is 32.6 Å². The average molecular weight is 262 g/mol. The van der Waals surface area contributed by atoms with Crippen molar-refractivity contribution in [2.24, 2.45) is 0 Å². The molecule has 18 heavy (non-hydrogen) atoms. The van der Waals surface area contributed by atoms with Gasteiger partial charge in [-0.1, -0.05) is 44.0 Å². The van der Waals surface area contributed by atoms with E-state index >= 15 is 0 Å². The topological polar surface area (TPSA) is 54.5 Å². The van der Waals surface area contributed by atoms with Crippen LogP contribution in [0.2, 0.25) is 0 Å². The lowest BCUT2D eigenvalue weighted by atomic mass is 10.2. The quantitative estimate of drug-likeness (QED) is 0.612. The molecule has 96 valence electrons. The van der Waals surface area contributed by atoms with Gasteiger partial charge in [-0.2, -0.15) is 4.98 Å². The van der Waals surface area contributed by atoms with E-state index in [1.54, 1.807) is 18.0 Å². The second-order valence-corrected chi connectivity index (χ2v) is 5.15. The molecule has 2 heterocycles. The van der Waals surface area contributed by atoms with Gasteiger partial charge in [-0.15, -0.1) is 5.10 Å². The Morgan fingerprint density at radius 2 is 2.17 bits per heavy atom. The minimum atomic E-state index is 0.742. The minimum absolute atomic E-state index is 0.742. The molecule has 0 amide bonds. The van der Waals surface area contributed by atoms with Gasteiger partial charge in [0.1, 0.15) is 5.69 Å². The van der Waals surface area contributed by atoms with E-state index in [0.29, 0.717) is 0 Å². The summed E-state index contributed by atoms with van der Waals surface area (Å²) in [6.07, 6.45) is 6.87. The molecule has 0 atom stereocenters. The van der Waals surface area contributed by atoms with Crippen molar-refractivity contribution < 1.29 is 0 Å². The number of pyridine rings is 1. The molecule has 2 rings (SSSR count). The molecule has 0 aliphatic carbocycles. The van der Waals surface area contributed by atoms with Crippen molar-refractivity contribution >= 4 is 11.8 Å². The summed E-state index contributed by atoms with van der Waals surface area (Å²) in [6.45, 7) is 2.22. The molecular formula is C13H18N4S. The number of thioether (sulfide) groups is 1. The molecule has 0 bridgehead atoms. The zero-order valence-corrected chi connectivity index (χ0v) is 11.4. The van der Waals surface area contributed by atoms with Gasteiger partial charge in [-0.25, -0.2) is 0 Å². The summed E-state index contributed by atoms with van der Waals surface area (Å²) in [7, 11) is 0. The van der Waals surface area contributed by atoms with Crippen molar-refractivity contribution in [3.63, 3.8) is 0 Å². The molecule has 0 saturated heterocycles. The highest BCUT2D eigenvalue weighted by molar-refractivity contribution is 7.99. The van der Waals surface area contributed by atoms with Crippen LogP contribution in [-0.2, 0) is 0 Å². The molecule has 2 aromatic heterocycles. The summed E-state index contributed by atoms with van der Waals surface area (Å²) in [5.41, 5.74) is 0.836. The molecule has 0 spiro atoms. The summed E-state index contributed by atoms with van der Waals surface area (Å²) in [5, 5.41) is 7.94. The third-order valence-corrected chi connectivity index (χ3v) is 3.54. The Bertz CT molecular complexity index is 455. The van der Waals surface area contributed by atoms with Crippen LogP contribution in [0.5, 0.6) is 0 Å². The van der Waals surface area contributed by atoms with Crippen molar-refractivity contribution in [3.8, 4) is 11.5 Å². The largest absolute Gasteiger partial charge is 0.257 e. The summed E-state index contributed by atoms with van der Waals surface area (Å²) in [4.78, 5) is 8.67. The van der Waals surface area contributed by atoms with Crippen LogP contribution < -0.4 is 0 Å². The van der Waals surface area contributed by atoms with E-state index in [1.165, 1.54) is 25.7 Å². The van der Waals surface area contributed by atoms with E-state index in [4.69, 9.17) is 0 Å². The third kappa shape index (κ3) is 3.84. The molecule has 0 saturated carbocycles. The fourth-order valence-electron chi connectivity index (χ4n) is 1.62. The first-order chi connectivity index (χ1) is 8.90. The summed E-state index contributed by atoms with van der Waals surface area (Å²) in [6, 6.07) is 5.77. The summed E-state index contributed by atoms with van der Waals surface area (Å²) < 4.78 is 0. The lowest BCUT2D eigenvalue weighted by Crippen LogP contribution is -1.84. The van der Waals surface area contributed by atoms with Gasteiger partial charge in [-0.3, -0.25) is 10.1 Å². The van der Waals surface area contributed by atoms with E-state index < -0.39 is 0 Å². The number of H-pyrrole nitrogens is 1. The van der Waals surface area contributed by atoms with Gasteiger partial charge in [-0.05, 0) is 18.6 Å². The predicted octanol–water partition coefficient (Wildman–Crippen LogP) is 3.54. The fraction of sp³-hybridized carbons (Fsp3) is 0.462. The van der Waals surface area contributed by atoms with Crippen molar-refractivity contribution in [2.75, 3.05) is 5.75 Å². The lowest BCUT2D eigenvalue weighted by Gasteiger charge is -1.96. The fourth-order valence-corrected chi connectivity index (χ4v) is 2.42. The maximum Gasteiger partial charge on any atom is 0.208 e. The van der Waals surface area contributed by atoms with Gasteiger partial charge >= 0.3 is 0 Å². The molecule has 0 radical (unpaired) electrons. The van der Waals surface area contributed by atoms with Gasteiger partial charge in [0.05, 0.1) is 0 Å². The van der Waals surface area contributed by atoms with E-state index in [2.05, 4.69) is 27.1 Å². The normalized spacial score (nSPS) is 10.7. The standard InChI is InChI=1S/C13H18N4S/c1-2-3-4-7-10-18-13-15-12(16-17-13)11-8-5-6-9-14-11/h5-6,8-9H,2-4,7,10H2,1H3,(H,15,16,17). The van der Waals surface area contributed by atoms with Crippen LogP contribution >= 0.6 is 11.8 Å². The molecule has 0 unspecified atom stereocenters. The zero-order chi connectivity index (χ0) is 12.6. The van der Waals surface area contributed by atoms with Gasteiger partial charge in [0.25, 0.3) is 0 Å². The number of aromatic nitrogens is 4. The van der Waals surface area contributed by atoms with E-state index in [0.717, 1.165) is 22.4 Å². The highest BCUT2D eigenvalue weighted by Crippen LogP contribution is 2.18. The number of hydrogen-bond acceptors (Lipinski definition) is 4. The van der Waals surface area contributed by atoms with Crippen molar-refractivity contribution in [1.82, 2.24) is 20.2 Å². The number of nitrogens with one attached hydrogen (secondary N) is 1. The molecule has 5 heteroatoms. The first-order valence-corrected chi connectivity index (χ1v) is 7.35. The summed E-state index contributed by atoms with van der Waals surface area (Å²) in [5.74, 6) is 1.83. The highest BCUT2D eigenvalue weighted by Gasteiger charge is 2.06. The third-order valence-electron chi connectivity index (χ3n) is 2.60. The van der Waals surface area contributed by atoms with E-state index in [1.807, 2.05) is 18.2 Å². The molecule has 4 nitrogen and oxygen atoms in total. The maximum absolute atomic E-state index is 4.43. The van der Waals surface area contributed by atoms with E-state index in [9.17, 15) is 0 Å². The Labute approximate surface area is 112 Å². The van der Waals surface area contributed by atoms with Crippen LogP contribution in [0, 0.1) is 0 Å². The Hall–Kier alpha value is -1.36. The van der Waals surface area contributed by atoms with E-state index in [-0.39, 0.29) is 0 Å². The number of aromatic amines is 1. The summed E-state index contributed by atoms with van der Waals surface area (Å²) >= 11 is 1.71. The van der Waals surface area contributed by atoms with Gasteiger partial charge < -0.3 is 0 Å². The molecule has 0 aliphatic rings. The average Bonchev–Trinajstić information content (AvgIpc) is 2.88. The van der Waals surface area contributed by atoms with Crippen LogP contribution in [0.25, 0.3) is 11.5 Å². The maximum atomic E-state index is 4.43. The number of nitrogens with zero attached hydrogens (tertiary/aromatic N) is 3. The number of hydrogen-bond donors (Lipinski definition) is 1. The Kier molecular flexibility index (Phi) is 5.20. The van der Waals surface area contributed by atoms with Crippen molar-refractivity contribution in [2.45, 2.75) is 37.8 Å². The van der Waals surface area contributed by atoms with Crippen LogP contribution in [0.15, 0.2) is 29.6 Å². The van der Waals surface area contributed by atoms with Crippen LogP contribution in [0.4, 0.5) is 0 Å². The molecule has 0 aromatic carbocycles. The SMILES string of the molecule is CCCCCCSc1n[nH]c(-c2ccccn2)n1. The minimum Gasteiger partial charge on any atom is -0.257 e. The highest BCUT2D eigenvalue weighted by atomic mass is 32.2. The molecule has 2 aromatic rings. The lowest BCUT2D eigenvalue weighted by molar-refractivity contribution is 0.706. The van der Waals surface area contributed by atoms with Gasteiger partial charge in [0.2, 0.25) is 5.16 Å². The van der Waals surface area contributed by atoms with Crippen molar-refractivity contribution in [3.05, 3.63) is 24.4 Å². The number of rotatable bonds is 7. The smallest absolute Gasteiger partial charge is 0.208 e. The molecule has 0 fully saturated rings. The Balaban J connectivity index is 1.83. The van der Waals surface area contributed by atoms with Crippen LogP contribution in [-0.4, -0.2) is 25.9 Å². The van der Waals surface area contributed by atoms with Gasteiger partial charge in [0, 0.05) is 11.9 Å². The van der Waals surface area contributed by atoms with Crippen LogP contribution in [0.3, 0.4) is 0 Å². The van der Waals surface area contributed by atoms with Crippen molar-refractivity contribution in [1.29, 1.82) is 0 Å². The molecular weight excluding hydrogens is 244 g/mol. The van der Waals surface area contributed by atoms with Gasteiger partial charge in [0.15, 0.2) is 5.82 Å². The predicted molar refractivity (Wildman–Crippen MR) is 74.5 cm³/mol. The first kappa shape index (κ1) is 13.1. The second-order valence-electron chi connectivity index (χ2n) is 4.09. The zero-order valence-electron chi connectivity index (χ0n) is 10.6. The Morgan fingerprint density at radius 3 is 2.94 bits per heavy atom. The first-order valence-electron chi connectivity index (χ1n) is 6.36. The second kappa shape index (κ2) is 7.16. The Morgan fingerprint density at radius 1 is 1.22 bits per heavy atom.